The summed E-state index contributed by atoms with van der Waals surface area (Å²) in [7, 11) is 0. The highest BCUT2D eigenvalue weighted by atomic mass is 19.1. The van der Waals surface area contributed by atoms with E-state index in [2.05, 4.69) is 4.99 Å². The van der Waals surface area contributed by atoms with Crippen molar-refractivity contribution in [2.75, 3.05) is 0 Å². The summed E-state index contributed by atoms with van der Waals surface area (Å²) in [5.74, 6) is -2.23. The average molecular weight is 281 g/mol. The zero-order valence-electron chi connectivity index (χ0n) is 11.3. The van der Waals surface area contributed by atoms with E-state index in [1.165, 1.54) is 18.3 Å². The van der Waals surface area contributed by atoms with Crippen molar-refractivity contribution in [3.63, 3.8) is 0 Å². The Hall–Kier alpha value is -2.62. The number of ketones is 2. The van der Waals surface area contributed by atoms with Gasteiger partial charge in [0.15, 0.2) is 11.6 Å². The van der Waals surface area contributed by atoms with Gasteiger partial charge >= 0.3 is 0 Å². The highest BCUT2D eigenvalue weighted by Gasteiger charge is 2.31. The zero-order chi connectivity index (χ0) is 15.0. The highest BCUT2D eigenvalue weighted by molar-refractivity contribution is 6.27. The first-order chi connectivity index (χ1) is 10.1. The Balaban J connectivity index is 1.96. The molecule has 0 amide bonds. The maximum absolute atomic E-state index is 13.3. The Morgan fingerprint density at radius 3 is 2.57 bits per heavy atom. The van der Waals surface area contributed by atoms with E-state index in [1.807, 2.05) is 19.1 Å². The summed E-state index contributed by atoms with van der Waals surface area (Å²) in [5, 5.41) is 0. The topological polar surface area (TPSA) is 46.5 Å². The van der Waals surface area contributed by atoms with Crippen molar-refractivity contribution in [3.05, 3.63) is 65.0 Å². The number of hydrogen-bond donors (Lipinski definition) is 0. The van der Waals surface area contributed by atoms with E-state index in [-0.39, 0.29) is 11.3 Å². The summed E-state index contributed by atoms with van der Waals surface area (Å²) in [4.78, 5) is 28.9. The number of nitrogens with zero attached hydrogens (tertiary/aromatic N) is 1. The summed E-state index contributed by atoms with van der Waals surface area (Å²) < 4.78 is 13.3. The second kappa shape index (κ2) is 5.05. The largest absolute Gasteiger partial charge is 0.293 e. The van der Waals surface area contributed by atoms with Crippen LogP contribution in [0.15, 0.2) is 47.5 Å². The van der Waals surface area contributed by atoms with Gasteiger partial charge in [-0.15, -0.1) is 0 Å². The molecule has 0 bridgehead atoms. The summed E-state index contributed by atoms with van der Waals surface area (Å²) in [6.07, 6.45) is 1.34. The average Bonchev–Trinajstić information content (AvgIpc) is 2.48. The van der Waals surface area contributed by atoms with Gasteiger partial charge in [-0.3, -0.25) is 14.6 Å². The van der Waals surface area contributed by atoms with Gasteiger partial charge in [-0.05, 0) is 25.1 Å². The lowest BCUT2D eigenvalue weighted by Gasteiger charge is -2.16. The van der Waals surface area contributed by atoms with E-state index in [1.54, 1.807) is 12.1 Å². The molecule has 0 saturated heterocycles. The van der Waals surface area contributed by atoms with Crippen LogP contribution in [0.4, 0.5) is 10.1 Å². The van der Waals surface area contributed by atoms with Gasteiger partial charge in [0, 0.05) is 17.3 Å². The SMILES string of the molecule is Cc1ccc(C(=O)C2C=Nc3ccc(F)cc3C2=O)cc1. The number of carbonyl (C=O) groups is 2. The number of Topliss-reactive ketones (excluding diaryl/α,β-unsaturated/α-hetero) is 2. The van der Waals surface area contributed by atoms with Gasteiger partial charge in [-0.2, -0.15) is 0 Å². The molecule has 0 aliphatic carbocycles. The molecule has 21 heavy (non-hydrogen) atoms. The highest BCUT2D eigenvalue weighted by Crippen LogP contribution is 2.28. The molecule has 3 nitrogen and oxygen atoms in total. The fourth-order valence-corrected chi connectivity index (χ4v) is 2.29. The summed E-state index contributed by atoms with van der Waals surface area (Å²) in [6, 6.07) is 10.8. The molecule has 4 heteroatoms. The third-order valence-corrected chi connectivity index (χ3v) is 3.49. The van der Waals surface area contributed by atoms with E-state index >= 15 is 0 Å². The molecule has 0 aromatic heterocycles. The minimum atomic E-state index is -0.984. The van der Waals surface area contributed by atoms with Crippen LogP contribution < -0.4 is 0 Å². The van der Waals surface area contributed by atoms with E-state index in [4.69, 9.17) is 0 Å². The number of halogens is 1. The fourth-order valence-electron chi connectivity index (χ4n) is 2.29. The molecule has 1 unspecified atom stereocenters. The molecule has 0 spiro atoms. The number of aliphatic imine (C=N–C) groups is 1. The Bertz CT molecular complexity index is 763. The van der Waals surface area contributed by atoms with Crippen LogP contribution in [-0.4, -0.2) is 17.8 Å². The van der Waals surface area contributed by atoms with Crippen molar-refractivity contribution in [1.82, 2.24) is 0 Å². The number of aryl methyl sites for hydroxylation is 1. The van der Waals surface area contributed by atoms with E-state index in [9.17, 15) is 14.0 Å². The van der Waals surface area contributed by atoms with Crippen LogP contribution in [0, 0.1) is 18.7 Å². The molecular formula is C17H12FNO2. The lowest BCUT2D eigenvalue weighted by Crippen LogP contribution is -2.28. The molecule has 104 valence electrons. The first-order valence-corrected chi connectivity index (χ1v) is 6.55. The number of carbonyl (C=O) groups excluding carboxylic acids is 2. The molecule has 1 heterocycles. The van der Waals surface area contributed by atoms with E-state index in [0.29, 0.717) is 11.3 Å². The minimum absolute atomic E-state index is 0.156. The Labute approximate surface area is 121 Å². The normalized spacial score (nSPS) is 16.7. The maximum atomic E-state index is 13.3. The third kappa shape index (κ3) is 2.40. The van der Waals surface area contributed by atoms with Crippen LogP contribution in [0.3, 0.4) is 0 Å². The molecule has 3 rings (SSSR count). The van der Waals surface area contributed by atoms with Gasteiger partial charge < -0.3 is 0 Å². The lowest BCUT2D eigenvalue weighted by molar-refractivity contribution is 0.0854. The lowest BCUT2D eigenvalue weighted by atomic mass is 9.88. The van der Waals surface area contributed by atoms with Crippen LogP contribution in [0.5, 0.6) is 0 Å². The van der Waals surface area contributed by atoms with Gasteiger partial charge in [0.25, 0.3) is 0 Å². The predicted octanol–water partition coefficient (Wildman–Crippen LogP) is 3.53. The van der Waals surface area contributed by atoms with Crippen LogP contribution in [-0.2, 0) is 0 Å². The monoisotopic (exact) mass is 281 g/mol. The Morgan fingerprint density at radius 1 is 1.14 bits per heavy atom. The summed E-state index contributed by atoms with van der Waals surface area (Å²) >= 11 is 0. The van der Waals surface area contributed by atoms with E-state index < -0.39 is 17.5 Å². The summed E-state index contributed by atoms with van der Waals surface area (Å²) in [6.45, 7) is 1.92. The first kappa shape index (κ1) is 13.4. The van der Waals surface area contributed by atoms with Crippen LogP contribution in [0.25, 0.3) is 0 Å². The maximum Gasteiger partial charge on any atom is 0.181 e. The zero-order valence-corrected chi connectivity index (χ0v) is 11.3. The molecule has 2 aromatic rings. The number of rotatable bonds is 2. The standard InChI is InChI=1S/C17H12FNO2/c1-10-2-4-11(5-3-10)16(20)14-9-19-15-7-6-12(18)8-13(15)17(14)21/h2-9,14H,1H3. The van der Waals surface area contributed by atoms with Crippen molar-refractivity contribution < 1.29 is 14.0 Å². The summed E-state index contributed by atoms with van der Waals surface area (Å²) in [5.41, 5.74) is 2.03. The number of fused-ring (bicyclic) bond motifs is 1. The molecular weight excluding hydrogens is 269 g/mol. The van der Waals surface area contributed by atoms with Gasteiger partial charge in [0.2, 0.25) is 0 Å². The molecule has 0 N–H and O–H groups in total. The molecule has 1 aliphatic rings. The molecule has 0 fully saturated rings. The molecule has 0 radical (unpaired) electrons. The second-order valence-electron chi connectivity index (χ2n) is 5.01. The molecule has 2 aromatic carbocycles. The third-order valence-electron chi connectivity index (χ3n) is 3.49. The van der Waals surface area contributed by atoms with Crippen LogP contribution >= 0.6 is 0 Å². The van der Waals surface area contributed by atoms with Crippen molar-refractivity contribution >= 4 is 23.5 Å². The van der Waals surface area contributed by atoms with Crippen molar-refractivity contribution in [2.24, 2.45) is 10.9 Å². The Morgan fingerprint density at radius 2 is 1.86 bits per heavy atom. The Kier molecular flexibility index (Phi) is 3.22. The molecule has 1 aliphatic heterocycles. The van der Waals surface area contributed by atoms with Crippen molar-refractivity contribution in [2.45, 2.75) is 6.92 Å². The number of benzene rings is 2. The van der Waals surface area contributed by atoms with Crippen LogP contribution in [0.1, 0.15) is 26.3 Å². The van der Waals surface area contributed by atoms with Gasteiger partial charge in [0.05, 0.1) is 5.69 Å². The van der Waals surface area contributed by atoms with Gasteiger partial charge in [-0.1, -0.05) is 29.8 Å². The van der Waals surface area contributed by atoms with Crippen molar-refractivity contribution in [1.29, 1.82) is 0 Å². The smallest absolute Gasteiger partial charge is 0.181 e. The van der Waals surface area contributed by atoms with Gasteiger partial charge in [-0.25, -0.2) is 4.39 Å². The van der Waals surface area contributed by atoms with Crippen LogP contribution in [0.2, 0.25) is 0 Å². The fraction of sp³-hybridized carbons (Fsp3) is 0.118. The van der Waals surface area contributed by atoms with Gasteiger partial charge in [0.1, 0.15) is 11.7 Å². The molecule has 1 atom stereocenters. The molecule has 0 saturated carbocycles. The van der Waals surface area contributed by atoms with E-state index in [0.717, 1.165) is 11.6 Å². The number of hydrogen-bond acceptors (Lipinski definition) is 3. The first-order valence-electron chi connectivity index (χ1n) is 6.55. The predicted molar refractivity (Wildman–Crippen MR) is 77.9 cm³/mol. The minimum Gasteiger partial charge on any atom is -0.293 e. The van der Waals surface area contributed by atoms with Crippen molar-refractivity contribution in [3.8, 4) is 0 Å². The second-order valence-corrected chi connectivity index (χ2v) is 5.01. The quantitative estimate of drug-likeness (QED) is 0.624.